The maximum Gasteiger partial charge on any atom is 0.354 e. The van der Waals surface area contributed by atoms with E-state index in [-0.39, 0.29) is 10.9 Å². The minimum Gasteiger partial charge on any atom is -0.744 e. The fourth-order valence-corrected chi connectivity index (χ4v) is 3.55. The molecular formula is C22H21ClN6O3S. The number of hydrogen-bond donors (Lipinski definition) is 4. The maximum atomic E-state index is 10.4. The van der Waals surface area contributed by atoms with E-state index in [4.69, 9.17) is 28.8 Å². The van der Waals surface area contributed by atoms with Crippen LogP contribution in [0, 0.1) is 6.92 Å². The van der Waals surface area contributed by atoms with E-state index >= 15 is 0 Å². The zero-order valence-corrected chi connectivity index (χ0v) is 19.1. The number of hydrogen-bond acceptors (Lipinski definition) is 6. The van der Waals surface area contributed by atoms with Crippen molar-refractivity contribution in [2.24, 2.45) is 11.5 Å². The van der Waals surface area contributed by atoms with Crippen molar-refractivity contribution in [3.8, 4) is 11.3 Å². The van der Waals surface area contributed by atoms with Gasteiger partial charge in [0.15, 0.2) is 0 Å². The summed E-state index contributed by atoms with van der Waals surface area (Å²) in [5, 5.41) is 1.39. The summed E-state index contributed by atoms with van der Waals surface area (Å²) in [4.78, 5) is 11.4. The van der Waals surface area contributed by atoms with Gasteiger partial charge < -0.3 is 21.8 Å². The fraction of sp³-hybridized carbons (Fsp3) is 0.0455. The number of para-hydroxylation sites is 1. The maximum absolute atomic E-state index is 10.4. The van der Waals surface area contributed by atoms with Gasteiger partial charge in [-0.1, -0.05) is 41.4 Å². The van der Waals surface area contributed by atoms with Gasteiger partial charge in [-0.05, 0) is 49.4 Å². The Morgan fingerprint density at radius 1 is 1.00 bits per heavy atom. The number of rotatable bonds is 3. The van der Waals surface area contributed by atoms with Crippen LogP contribution in [0.4, 0.5) is 11.6 Å². The van der Waals surface area contributed by atoms with Crippen LogP contribution < -0.4 is 22.2 Å². The molecule has 4 aromatic rings. The molecule has 0 atom stereocenters. The summed E-state index contributed by atoms with van der Waals surface area (Å²) < 4.78 is 31.2. The number of nitrogen functional groups attached to an aromatic ring is 1. The van der Waals surface area contributed by atoms with E-state index in [1.165, 1.54) is 12.1 Å². The van der Waals surface area contributed by atoms with Crippen LogP contribution in [0.25, 0.3) is 22.2 Å². The van der Waals surface area contributed by atoms with Gasteiger partial charge in [0, 0.05) is 21.7 Å². The lowest BCUT2D eigenvalue weighted by Gasteiger charge is -2.06. The fourth-order valence-electron chi connectivity index (χ4n) is 2.91. The van der Waals surface area contributed by atoms with Crippen LogP contribution in [-0.2, 0) is 10.1 Å². The second kappa shape index (κ2) is 9.82. The number of nitrogens with zero attached hydrogens (tertiary/aromatic N) is 2. The molecule has 0 radical (unpaired) electrons. The van der Waals surface area contributed by atoms with E-state index in [1.807, 2.05) is 31.2 Å². The Morgan fingerprint density at radius 3 is 2.27 bits per heavy atom. The molecule has 0 aliphatic carbocycles. The van der Waals surface area contributed by atoms with Crippen LogP contribution >= 0.6 is 11.6 Å². The summed E-state index contributed by atoms with van der Waals surface area (Å²) >= 11 is 6.10. The van der Waals surface area contributed by atoms with Gasteiger partial charge in [-0.25, -0.2) is 13.4 Å². The molecule has 0 spiro atoms. The SMILES string of the molecule is Cc1ccc(S(=O)(=O)[O-])cc1.NC(N)=[NH+]c1nc(-c2ccccc2N)c2cc(Cl)ccc2n1. The summed E-state index contributed by atoms with van der Waals surface area (Å²) in [6.07, 6.45) is 0. The van der Waals surface area contributed by atoms with Crippen LogP contribution in [0.1, 0.15) is 5.56 Å². The van der Waals surface area contributed by atoms with Crippen molar-refractivity contribution in [3.63, 3.8) is 0 Å². The van der Waals surface area contributed by atoms with Gasteiger partial charge in [0.2, 0.25) is 0 Å². The number of fused-ring (bicyclic) bond motifs is 1. The van der Waals surface area contributed by atoms with Crippen LogP contribution in [0.2, 0.25) is 5.02 Å². The number of aromatic nitrogens is 2. The molecule has 1 heterocycles. The average molecular weight is 485 g/mol. The molecular weight excluding hydrogens is 464 g/mol. The number of aryl methyl sites for hydroxylation is 1. The molecule has 0 unspecified atom stereocenters. The Kier molecular flexibility index (Phi) is 7.12. The van der Waals surface area contributed by atoms with Crippen LogP contribution in [-0.4, -0.2) is 28.9 Å². The van der Waals surface area contributed by atoms with Gasteiger partial charge in [0.05, 0.1) is 4.90 Å². The molecule has 11 heteroatoms. The van der Waals surface area contributed by atoms with Crippen molar-refractivity contribution >= 4 is 50.2 Å². The third-order valence-corrected chi connectivity index (χ3v) is 5.52. The predicted octanol–water partition coefficient (Wildman–Crippen LogP) is 1.42. The topological polar surface area (TPSA) is 175 Å². The average Bonchev–Trinajstić information content (AvgIpc) is 2.74. The largest absolute Gasteiger partial charge is 0.744 e. The standard InChI is InChI=1S/C15H13ClN6.C7H8O3S/c16-8-5-6-12-10(7-8)13(9-3-1-2-4-11(9)17)21-15(20-12)22-14(18)19;1-6-2-4-7(5-3-6)11(8,9)10/h1-7H,17H2,(H4,18,19,20,21,22);2-5H,1H3,(H,8,9,10). The number of halogens is 1. The lowest BCUT2D eigenvalue weighted by Crippen LogP contribution is -2.73. The monoisotopic (exact) mass is 484 g/mol. The van der Waals surface area contributed by atoms with E-state index in [9.17, 15) is 13.0 Å². The van der Waals surface area contributed by atoms with Crippen molar-refractivity contribution in [3.05, 3.63) is 77.3 Å². The van der Waals surface area contributed by atoms with Gasteiger partial charge in [0.1, 0.15) is 21.3 Å². The first kappa shape index (κ1) is 23.9. The number of nitrogens with two attached hydrogens (primary N) is 3. The second-order valence-corrected chi connectivity index (χ2v) is 8.81. The smallest absolute Gasteiger partial charge is 0.354 e. The van der Waals surface area contributed by atoms with Gasteiger partial charge in [0.25, 0.3) is 5.96 Å². The van der Waals surface area contributed by atoms with Crippen molar-refractivity contribution in [1.29, 1.82) is 0 Å². The van der Waals surface area contributed by atoms with E-state index in [0.29, 0.717) is 27.9 Å². The van der Waals surface area contributed by atoms with E-state index in [0.717, 1.165) is 16.5 Å². The third kappa shape index (κ3) is 6.16. The van der Waals surface area contributed by atoms with E-state index < -0.39 is 10.1 Å². The molecule has 3 aromatic carbocycles. The first-order valence-corrected chi connectivity index (χ1v) is 11.3. The Morgan fingerprint density at radius 2 is 1.67 bits per heavy atom. The molecule has 33 heavy (non-hydrogen) atoms. The summed E-state index contributed by atoms with van der Waals surface area (Å²) in [6.45, 7) is 1.82. The Balaban J connectivity index is 0.000000235. The predicted molar refractivity (Wildman–Crippen MR) is 128 cm³/mol. The van der Waals surface area contributed by atoms with Gasteiger partial charge in [-0.3, -0.25) is 0 Å². The highest BCUT2D eigenvalue weighted by Gasteiger charge is 2.16. The molecule has 0 fully saturated rings. The zero-order chi connectivity index (χ0) is 24.2. The van der Waals surface area contributed by atoms with Crippen molar-refractivity contribution in [2.75, 3.05) is 5.73 Å². The van der Waals surface area contributed by atoms with Crippen molar-refractivity contribution < 1.29 is 18.0 Å². The van der Waals surface area contributed by atoms with E-state index in [2.05, 4.69) is 15.0 Å². The second-order valence-electron chi connectivity index (χ2n) is 6.99. The molecule has 0 aliphatic rings. The Bertz CT molecular complexity index is 1440. The first-order valence-electron chi connectivity index (χ1n) is 9.54. The first-order chi connectivity index (χ1) is 15.5. The highest BCUT2D eigenvalue weighted by atomic mass is 35.5. The lowest BCUT2D eigenvalue weighted by molar-refractivity contribution is -0.366. The Hall–Kier alpha value is -3.73. The summed E-state index contributed by atoms with van der Waals surface area (Å²) in [6, 6.07) is 18.6. The van der Waals surface area contributed by atoms with Gasteiger partial charge in [-0.15, -0.1) is 9.97 Å². The molecule has 0 saturated heterocycles. The molecule has 0 saturated carbocycles. The Labute approximate surface area is 195 Å². The number of benzene rings is 3. The number of nitrogens with one attached hydrogen (secondary N) is 1. The highest BCUT2D eigenvalue weighted by Crippen LogP contribution is 2.31. The van der Waals surface area contributed by atoms with Crippen molar-refractivity contribution in [2.45, 2.75) is 11.8 Å². The summed E-state index contributed by atoms with van der Waals surface area (Å²) in [5.41, 5.74) is 20.7. The number of guanidine groups is 1. The molecule has 0 bridgehead atoms. The molecule has 0 aliphatic heterocycles. The minimum absolute atomic E-state index is 0.0142. The molecule has 170 valence electrons. The summed E-state index contributed by atoms with van der Waals surface area (Å²) in [7, 11) is -4.27. The lowest BCUT2D eigenvalue weighted by atomic mass is 10.0. The van der Waals surface area contributed by atoms with Crippen LogP contribution in [0.15, 0.2) is 71.6 Å². The molecule has 4 rings (SSSR count). The summed E-state index contributed by atoms with van der Waals surface area (Å²) in [5.74, 6) is 0.313. The van der Waals surface area contributed by atoms with Crippen LogP contribution in [0.5, 0.6) is 0 Å². The van der Waals surface area contributed by atoms with E-state index in [1.54, 1.807) is 30.3 Å². The molecule has 0 amide bonds. The zero-order valence-electron chi connectivity index (χ0n) is 17.5. The van der Waals surface area contributed by atoms with Gasteiger partial charge >= 0.3 is 5.95 Å². The number of anilines is 1. The molecule has 7 N–H and O–H groups in total. The quantitative estimate of drug-likeness (QED) is 0.146. The third-order valence-electron chi connectivity index (χ3n) is 4.44. The van der Waals surface area contributed by atoms with Crippen molar-refractivity contribution in [1.82, 2.24) is 9.97 Å². The van der Waals surface area contributed by atoms with Crippen LogP contribution in [0.3, 0.4) is 0 Å². The normalized spacial score (nSPS) is 10.9. The van der Waals surface area contributed by atoms with Gasteiger partial charge in [-0.2, -0.15) is 0 Å². The highest BCUT2D eigenvalue weighted by molar-refractivity contribution is 7.85. The minimum atomic E-state index is -4.27. The molecule has 1 aromatic heterocycles. The molecule has 9 nitrogen and oxygen atoms in total.